The normalized spacial score (nSPS) is 24.0. The van der Waals surface area contributed by atoms with E-state index >= 15 is 0 Å². The maximum absolute atomic E-state index is 13.4. The molecule has 1 N–H and O–H groups in total. The fourth-order valence-electron chi connectivity index (χ4n) is 1.67. The summed E-state index contributed by atoms with van der Waals surface area (Å²) in [4.78, 5) is 10.4. The van der Waals surface area contributed by atoms with Gasteiger partial charge in [0.25, 0.3) is 15.4 Å². The Balaban J connectivity index is 0.000000235. The Hall–Kier alpha value is -1.57. The summed E-state index contributed by atoms with van der Waals surface area (Å²) < 4.78 is 56.0. The van der Waals surface area contributed by atoms with Gasteiger partial charge in [-0.3, -0.25) is 9.35 Å². The number of benzene rings is 1. The molecule has 4 nitrogen and oxygen atoms in total. The monoisotopic (exact) mass is 350 g/mol. The van der Waals surface area contributed by atoms with Gasteiger partial charge < -0.3 is 0 Å². The van der Waals surface area contributed by atoms with E-state index in [9.17, 15) is 22.0 Å². The van der Waals surface area contributed by atoms with Crippen LogP contribution in [0.4, 0.5) is 8.78 Å². The molecule has 0 aliphatic heterocycles. The molecule has 0 spiro atoms. The third-order valence-corrected chi connectivity index (χ3v) is 4.31. The largest absolute Gasteiger partial charge is 0.285 e. The van der Waals surface area contributed by atoms with Crippen LogP contribution in [0.15, 0.2) is 54.4 Å². The molecule has 0 fully saturated rings. The Bertz CT molecular complexity index is 697. The summed E-state index contributed by atoms with van der Waals surface area (Å²) in [5.74, 6) is -1.21. The highest BCUT2D eigenvalue weighted by Gasteiger charge is 2.46. The van der Waals surface area contributed by atoms with Crippen molar-refractivity contribution >= 4 is 27.0 Å². The zero-order valence-corrected chi connectivity index (χ0v) is 13.0. The Morgan fingerprint density at radius 1 is 1.32 bits per heavy atom. The molecule has 0 heterocycles. The lowest BCUT2D eigenvalue weighted by molar-refractivity contribution is 0.108. The first-order valence-electron chi connectivity index (χ1n) is 6.01. The molecule has 2 unspecified atom stereocenters. The number of carbonyl (C=O) groups is 1. The molecule has 0 amide bonds. The number of hydrogen-bond donors (Lipinski definition) is 1. The first kappa shape index (κ1) is 18.5. The van der Waals surface area contributed by atoms with E-state index < -0.39 is 32.1 Å². The van der Waals surface area contributed by atoms with Crippen molar-refractivity contribution in [2.45, 2.75) is 17.8 Å². The molecule has 22 heavy (non-hydrogen) atoms. The zero-order chi connectivity index (χ0) is 17.0. The standard InChI is InChI=1S/C7H5ClO.C7H8F2O3S/c8-7(9)6-4-2-1-3-5-6;1-7(9)5(8)3-2-4-6(7)13(10,11)12/h1-5H;2-4,6H,1H3,(H,10,11,12). The van der Waals surface area contributed by atoms with E-state index in [2.05, 4.69) is 0 Å². The van der Waals surface area contributed by atoms with Crippen molar-refractivity contribution in [1.82, 2.24) is 0 Å². The van der Waals surface area contributed by atoms with E-state index in [0.29, 0.717) is 5.56 Å². The highest BCUT2D eigenvalue weighted by molar-refractivity contribution is 7.86. The molecule has 0 radical (unpaired) electrons. The summed E-state index contributed by atoms with van der Waals surface area (Å²) in [5.41, 5.74) is -2.15. The van der Waals surface area contributed by atoms with Gasteiger partial charge in [-0.05, 0) is 24.6 Å². The van der Waals surface area contributed by atoms with Crippen LogP contribution >= 0.6 is 11.6 Å². The van der Waals surface area contributed by atoms with Crippen LogP contribution in [0.25, 0.3) is 0 Å². The SMILES string of the molecule is CC1(F)C(F)=CC=CC1S(=O)(=O)O.O=C(Cl)c1ccccc1. The summed E-state index contributed by atoms with van der Waals surface area (Å²) in [6.07, 6.45) is 2.77. The van der Waals surface area contributed by atoms with Crippen molar-refractivity contribution in [2.75, 3.05) is 0 Å². The first-order chi connectivity index (χ1) is 10.1. The van der Waals surface area contributed by atoms with E-state index in [0.717, 1.165) is 25.2 Å². The van der Waals surface area contributed by atoms with Gasteiger partial charge in [0.05, 0.1) is 0 Å². The van der Waals surface area contributed by atoms with Gasteiger partial charge in [0.15, 0.2) is 5.67 Å². The molecule has 0 bridgehead atoms. The molecule has 1 aliphatic rings. The third kappa shape index (κ3) is 4.72. The van der Waals surface area contributed by atoms with Crippen molar-refractivity contribution < 1.29 is 26.5 Å². The number of hydrogen-bond acceptors (Lipinski definition) is 3. The van der Waals surface area contributed by atoms with Crippen LogP contribution in [0.2, 0.25) is 0 Å². The highest BCUT2D eigenvalue weighted by Crippen LogP contribution is 2.34. The van der Waals surface area contributed by atoms with Crippen LogP contribution < -0.4 is 0 Å². The summed E-state index contributed by atoms with van der Waals surface area (Å²) >= 11 is 5.16. The van der Waals surface area contributed by atoms with Gasteiger partial charge in [0.2, 0.25) is 0 Å². The Labute approximate surface area is 131 Å². The van der Waals surface area contributed by atoms with Gasteiger partial charge in [-0.15, -0.1) is 0 Å². The molecular formula is C14H13ClF2O4S. The minimum absolute atomic E-state index is 0.407. The average Bonchev–Trinajstić information content (AvgIpc) is 2.42. The first-order valence-corrected chi connectivity index (χ1v) is 7.89. The minimum atomic E-state index is -4.61. The van der Waals surface area contributed by atoms with E-state index in [-0.39, 0.29) is 0 Å². The summed E-state index contributed by atoms with van der Waals surface area (Å²) in [6.45, 7) is 0.765. The lowest BCUT2D eigenvalue weighted by atomic mass is 9.98. The van der Waals surface area contributed by atoms with Crippen LogP contribution in [0, 0.1) is 0 Å². The summed E-state index contributed by atoms with van der Waals surface area (Å²) in [7, 11) is -4.61. The number of alkyl halides is 1. The lowest BCUT2D eigenvalue weighted by Crippen LogP contribution is -2.41. The fourth-order valence-corrected chi connectivity index (χ4v) is 2.76. The van der Waals surface area contributed by atoms with Crippen molar-refractivity contribution in [3.8, 4) is 0 Å². The van der Waals surface area contributed by atoms with Crippen LogP contribution in [0.3, 0.4) is 0 Å². The van der Waals surface area contributed by atoms with Crippen molar-refractivity contribution in [3.05, 3.63) is 60.0 Å². The molecule has 8 heteroatoms. The van der Waals surface area contributed by atoms with Gasteiger partial charge in [-0.1, -0.05) is 42.5 Å². The van der Waals surface area contributed by atoms with Crippen molar-refractivity contribution in [1.29, 1.82) is 0 Å². The second-order valence-corrected chi connectivity index (χ2v) is 6.43. The second kappa shape index (κ2) is 7.13. The molecule has 120 valence electrons. The predicted octanol–water partition coefficient (Wildman–Crippen LogP) is 3.46. The number of halogens is 3. The van der Waals surface area contributed by atoms with Crippen LogP contribution in [0.5, 0.6) is 0 Å². The molecule has 0 aromatic heterocycles. The van der Waals surface area contributed by atoms with Gasteiger partial charge in [0, 0.05) is 5.56 Å². The van der Waals surface area contributed by atoms with Crippen molar-refractivity contribution in [3.63, 3.8) is 0 Å². The van der Waals surface area contributed by atoms with E-state index in [1.54, 1.807) is 24.3 Å². The average molecular weight is 351 g/mol. The van der Waals surface area contributed by atoms with E-state index in [4.69, 9.17) is 16.2 Å². The third-order valence-electron chi connectivity index (χ3n) is 2.85. The second-order valence-electron chi connectivity index (χ2n) is 4.55. The molecule has 2 atom stereocenters. The van der Waals surface area contributed by atoms with Crippen LogP contribution in [0.1, 0.15) is 17.3 Å². The molecule has 1 aromatic rings. The maximum Gasteiger partial charge on any atom is 0.275 e. The molecule has 1 aliphatic carbocycles. The van der Waals surface area contributed by atoms with Gasteiger partial charge >= 0.3 is 0 Å². The Morgan fingerprint density at radius 3 is 2.23 bits per heavy atom. The van der Waals surface area contributed by atoms with Gasteiger partial charge in [0.1, 0.15) is 11.1 Å². The number of rotatable bonds is 2. The Kier molecular flexibility index (Phi) is 5.99. The quantitative estimate of drug-likeness (QED) is 0.655. The van der Waals surface area contributed by atoms with Crippen molar-refractivity contribution in [2.24, 2.45) is 0 Å². The molecule has 1 aromatic carbocycles. The molecule has 2 rings (SSSR count). The van der Waals surface area contributed by atoms with Crippen LogP contribution in [-0.4, -0.2) is 29.1 Å². The smallest absolute Gasteiger partial charge is 0.275 e. The minimum Gasteiger partial charge on any atom is -0.285 e. The summed E-state index contributed by atoms with van der Waals surface area (Å²) in [6, 6.07) is 8.74. The molecule has 0 saturated carbocycles. The molecule has 0 saturated heterocycles. The molecular weight excluding hydrogens is 338 g/mol. The Morgan fingerprint density at radius 2 is 1.86 bits per heavy atom. The lowest BCUT2D eigenvalue weighted by Gasteiger charge is -2.26. The number of allylic oxidation sites excluding steroid dienone is 3. The van der Waals surface area contributed by atoms with E-state index in [1.807, 2.05) is 6.07 Å². The van der Waals surface area contributed by atoms with Crippen LogP contribution in [-0.2, 0) is 10.1 Å². The maximum atomic E-state index is 13.4. The van der Waals surface area contributed by atoms with Gasteiger partial charge in [-0.2, -0.15) is 8.42 Å². The topological polar surface area (TPSA) is 71.4 Å². The summed E-state index contributed by atoms with van der Waals surface area (Å²) in [5, 5.41) is -2.28. The predicted molar refractivity (Wildman–Crippen MR) is 79.8 cm³/mol. The van der Waals surface area contributed by atoms with E-state index in [1.165, 1.54) is 0 Å². The number of carbonyl (C=O) groups excluding carboxylic acids is 1. The zero-order valence-electron chi connectivity index (χ0n) is 11.4. The highest BCUT2D eigenvalue weighted by atomic mass is 35.5. The fraction of sp³-hybridized carbons (Fsp3) is 0.214. The van der Waals surface area contributed by atoms with Gasteiger partial charge in [-0.25, -0.2) is 8.78 Å².